The fourth-order valence-corrected chi connectivity index (χ4v) is 7.65. The zero-order chi connectivity index (χ0) is 20.6. The molecule has 1 atom stereocenters. The maximum atomic E-state index is 13.4. The molecule has 1 aromatic rings. The maximum Gasteiger partial charge on any atom is 0.248 e. The van der Waals surface area contributed by atoms with Crippen molar-refractivity contribution in [1.82, 2.24) is 14.4 Å². The third-order valence-electron chi connectivity index (χ3n) is 7.36. The average molecular weight is 424 g/mol. The Balaban J connectivity index is 1.53. The summed E-state index contributed by atoms with van der Waals surface area (Å²) in [6, 6.07) is 0. The van der Waals surface area contributed by atoms with Crippen LogP contribution < -0.4 is 0 Å². The number of carbonyl (C=O) groups is 1. The molecule has 1 aromatic heterocycles. The number of hydrogen-bond donors (Lipinski definition) is 0. The second-order valence-corrected chi connectivity index (χ2v) is 11.1. The van der Waals surface area contributed by atoms with E-state index in [9.17, 15) is 13.2 Å². The topological polar surface area (TPSA) is 83.7 Å². The summed E-state index contributed by atoms with van der Waals surface area (Å²) in [6.07, 6.45) is 9.15. The Hall–Kier alpha value is -1.41. The summed E-state index contributed by atoms with van der Waals surface area (Å²) in [4.78, 5) is 14.8. The highest BCUT2D eigenvalue weighted by Crippen LogP contribution is 2.50. The Kier molecular flexibility index (Phi) is 5.77. The lowest BCUT2D eigenvalue weighted by molar-refractivity contribution is -0.130. The Morgan fingerprint density at radius 1 is 1.14 bits per heavy atom. The van der Waals surface area contributed by atoms with Crippen molar-refractivity contribution in [2.75, 3.05) is 26.2 Å². The Morgan fingerprint density at radius 3 is 2.45 bits per heavy atom. The molecule has 7 nitrogen and oxygen atoms in total. The van der Waals surface area contributed by atoms with Crippen molar-refractivity contribution in [3.05, 3.63) is 11.5 Å². The lowest BCUT2D eigenvalue weighted by Gasteiger charge is -2.38. The second kappa shape index (κ2) is 8.02. The molecule has 1 aliphatic carbocycles. The Bertz CT molecular complexity index is 832. The van der Waals surface area contributed by atoms with Crippen LogP contribution in [0.1, 0.15) is 69.2 Å². The molecule has 3 heterocycles. The van der Waals surface area contributed by atoms with Crippen molar-refractivity contribution in [1.29, 1.82) is 0 Å². The summed E-state index contributed by atoms with van der Waals surface area (Å²) >= 11 is 0. The summed E-state index contributed by atoms with van der Waals surface area (Å²) in [5.74, 6) is 0.831. The van der Waals surface area contributed by atoms with Gasteiger partial charge < -0.3 is 9.42 Å². The van der Waals surface area contributed by atoms with Gasteiger partial charge in [0.2, 0.25) is 15.9 Å². The minimum atomic E-state index is -3.64. The number of sulfonamides is 1. The molecule has 1 unspecified atom stereocenters. The van der Waals surface area contributed by atoms with E-state index >= 15 is 0 Å². The van der Waals surface area contributed by atoms with Gasteiger partial charge in [0.05, 0.1) is 0 Å². The summed E-state index contributed by atoms with van der Waals surface area (Å²) in [6.45, 7) is 6.15. The van der Waals surface area contributed by atoms with Crippen LogP contribution in [0.15, 0.2) is 9.42 Å². The van der Waals surface area contributed by atoms with Crippen LogP contribution >= 0.6 is 0 Å². The number of amides is 1. The van der Waals surface area contributed by atoms with Crippen LogP contribution in [-0.4, -0.2) is 54.9 Å². The molecule has 8 heteroatoms. The molecule has 0 N–H and O–H groups in total. The third kappa shape index (κ3) is 3.85. The summed E-state index contributed by atoms with van der Waals surface area (Å²) in [5.41, 5.74) is 0.433. The van der Waals surface area contributed by atoms with E-state index in [4.69, 9.17) is 4.52 Å². The van der Waals surface area contributed by atoms with Crippen LogP contribution in [0.3, 0.4) is 0 Å². The average Bonchev–Trinajstić information content (AvgIpc) is 3.41. The molecular formula is C21H33N3O4S. The first-order valence-corrected chi connectivity index (χ1v) is 12.5. The van der Waals surface area contributed by atoms with Crippen LogP contribution in [0, 0.1) is 25.2 Å². The first-order valence-electron chi connectivity index (χ1n) is 11.0. The predicted molar refractivity (Wildman–Crippen MR) is 109 cm³/mol. The first-order chi connectivity index (χ1) is 13.8. The van der Waals surface area contributed by atoms with Crippen LogP contribution in [0.4, 0.5) is 0 Å². The van der Waals surface area contributed by atoms with E-state index in [1.807, 2.05) is 4.90 Å². The molecule has 2 aliphatic heterocycles. The molecule has 162 valence electrons. The number of likely N-dealkylation sites (tertiary alicyclic amines) is 1. The van der Waals surface area contributed by atoms with E-state index in [1.54, 1.807) is 18.2 Å². The lowest BCUT2D eigenvalue weighted by atomic mass is 9.66. The van der Waals surface area contributed by atoms with Crippen molar-refractivity contribution in [3.8, 4) is 0 Å². The summed E-state index contributed by atoms with van der Waals surface area (Å²) in [5, 5.41) is 3.85. The molecule has 0 bridgehead atoms. The molecule has 0 radical (unpaired) electrons. The number of nitrogens with zero attached hydrogens (tertiary/aromatic N) is 3. The molecule has 29 heavy (non-hydrogen) atoms. The van der Waals surface area contributed by atoms with Crippen LogP contribution in [0.25, 0.3) is 0 Å². The quantitative estimate of drug-likeness (QED) is 0.726. The van der Waals surface area contributed by atoms with E-state index in [-0.39, 0.29) is 22.1 Å². The molecule has 4 rings (SSSR count). The highest BCUT2D eigenvalue weighted by molar-refractivity contribution is 7.89. The van der Waals surface area contributed by atoms with Gasteiger partial charge in [0.15, 0.2) is 5.76 Å². The highest BCUT2D eigenvalue weighted by Gasteiger charge is 2.50. The SMILES string of the molecule is Cc1noc(C)c1S(=O)(=O)N1CC(CCC(=O)N2CCCC2)C2(CCCCC2)C1. The van der Waals surface area contributed by atoms with Gasteiger partial charge in [-0.05, 0) is 57.3 Å². The number of rotatable bonds is 5. The van der Waals surface area contributed by atoms with Gasteiger partial charge in [0.1, 0.15) is 10.6 Å². The molecule has 3 aliphatic rings. The summed E-state index contributed by atoms with van der Waals surface area (Å²) < 4.78 is 33.6. The number of hydrogen-bond acceptors (Lipinski definition) is 5. The second-order valence-electron chi connectivity index (χ2n) is 9.20. The van der Waals surface area contributed by atoms with E-state index in [0.29, 0.717) is 31.0 Å². The number of aryl methyl sites for hydroxylation is 2. The van der Waals surface area contributed by atoms with Crippen molar-refractivity contribution in [3.63, 3.8) is 0 Å². The Labute approximate surface area is 173 Å². The minimum absolute atomic E-state index is 0.00951. The van der Waals surface area contributed by atoms with Crippen LogP contribution in [0.2, 0.25) is 0 Å². The molecule has 2 saturated heterocycles. The minimum Gasteiger partial charge on any atom is -0.360 e. The zero-order valence-electron chi connectivity index (χ0n) is 17.7. The van der Waals surface area contributed by atoms with E-state index in [1.165, 1.54) is 6.42 Å². The highest BCUT2D eigenvalue weighted by atomic mass is 32.2. The van der Waals surface area contributed by atoms with Crippen LogP contribution in [-0.2, 0) is 14.8 Å². The predicted octanol–water partition coefficient (Wildman–Crippen LogP) is 3.27. The van der Waals surface area contributed by atoms with Crippen LogP contribution in [0.5, 0.6) is 0 Å². The maximum absolute atomic E-state index is 13.4. The third-order valence-corrected chi connectivity index (χ3v) is 9.42. The molecule has 3 fully saturated rings. The van der Waals surface area contributed by atoms with Gasteiger partial charge in [-0.2, -0.15) is 4.31 Å². The van der Waals surface area contributed by atoms with Gasteiger partial charge in [0, 0.05) is 32.6 Å². The molecule has 0 aromatic carbocycles. The zero-order valence-corrected chi connectivity index (χ0v) is 18.5. The number of carbonyl (C=O) groups excluding carboxylic acids is 1. The molecule has 1 amide bonds. The van der Waals surface area contributed by atoms with Gasteiger partial charge in [-0.15, -0.1) is 0 Å². The molecule has 1 saturated carbocycles. The fraction of sp³-hybridized carbons (Fsp3) is 0.810. The molecule has 1 spiro atoms. The van der Waals surface area contributed by atoms with Gasteiger partial charge in [0.25, 0.3) is 0 Å². The van der Waals surface area contributed by atoms with E-state index in [2.05, 4.69) is 5.16 Å². The smallest absolute Gasteiger partial charge is 0.248 e. The van der Waals surface area contributed by atoms with Crippen molar-refractivity contribution in [2.24, 2.45) is 11.3 Å². The van der Waals surface area contributed by atoms with Gasteiger partial charge in [-0.3, -0.25) is 4.79 Å². The largest absolute Gasteiger partial charge is 0.360 e. The Morgan fingerprint density at radius 2 is 1.83 bits per heavy atom. The van der Waals surface area contributed by atoms with Gasteiger partial charge in [-0.25, -0.2) is 8.42 Å². The van der Waals surface area contributed by atoms with Crippen molar-refractivity contribution in [2.45, 2.75) is 76.5 Å². The first kappa shape index (κ1) is 20.8. The standard InChI is InChI=1S/C21H33N3O4S/c1-16-20(17(2)28-22-16)29(26,27)24-14-18(21(15-24)10-4-3-5-11-21)8-9-19(25)23-12-6-7-13-23/h18H,3-15H2,1-2H3. The van der Waals surface area contributed by atoms with E-state index in [0.717, 1.165) is 58.0 Å². The van der Waals surface area contributed by atoms with Crippen molar-refractivity contribution >= 4 is 15.9 Å². The monoisotopic (exact) mass is 423 g/mol. The molecular weight excluding hydrogens is 390 g/mol. The number of aromatic nitrogens is 1. The lowest BCUT2D eigenvalue weighted by Crippen LogP contribution is -2.35. The van der Waals surface area contributed by atoms with Gasteiger partial charge in [-0.1, -0.05) is 24.4 Å². The summed E-state index contributed by atoms with van der Waals surface area (Å²) in [7, 11) is -3.64. The fourth-order valence-electron chi connectivity index (χ4n) is 5.78. The normalized spacial score (nSPS) is 25.2. The van der Waals surface area contributed by atoms with Crippen molar-refractivity contribution < 1.29 is 17.7 Å². The van der Waals surface area contributed by atoms with Gasteiger partial charge >= 0.3 is 0 Å². The van der Waals surface area contributed by atoms with E-state index < -0.39 is 10.0 Å².